The molecule has 0 saturated heterocycles. The Morgan fingerprint density at radius 1 is 0.875 bits per heavy atom. The molecule has 222 valence electrons. The van der Waals surface area contributed by atoms with Crippen molar-refractivity contribution in [3.8, 4) is 0 Å². The van der Waals surface area contributed by atoms with Gasteiger partial charge < -0.3 is 19.7 Å². The van der Waals surface area contributed by atoms with Crippen LogP contribution in [-0.2, 0) is 19.1 Å². The number of aromatic nitrogens is 1. The van der Waals surface area contributed by atoms with E-state index in [4.69, 9.17) is 19.7 Å². The molecule has 2 fully saturated rings. The maximum atomic E-state index is 12.0. The van der Waals surface area contributed by atoms with E-state index in [1.807, 2.05) is 12.3 Å². The topological polar surface area (TPSA) is 106 Å². The largest absolute Gasteiger partial charge is 0.461 e. The van der Waals surface area contributed by atoms with Gasteiger partial charge >= 0.3 is 11.9 Å². The fourth-order valence-electron chi connectivity index (χ4n) is 6.36. The second kappa shape index (κ2) is 16.7. The maximum absolute atomic E-state index is 12.0. The molecule has 7 nitrogen and oxygen atoms in total. The number of unbranched alkanes of at least 4 members (excludes halogenated alkanes) is 2. The van der Waals surface area contributed by atoms with Crippen molar-refractivity contribution in [3.05, 3.63) is 53.9 Å². The van der Waals surface area contributed by atoms with E-state index >= 15 is 0 Å². The number of hydrogen-bond acceptors (Lipinski definition) is 7. The van der Waals surface area contributed by atoms with Crippen LogP contribution in [0.2, 0.25) is 0 Å². The van der Waals surface area contributed by atoms with E-state index in [9.17, 15) is 9.59 Å². The quantitative estimate of drug-likeness (QED) is 0.155. The first-order chi connectivity index (χ1) is 19.4. The van der Waals surface area contributed by atoms with Crippen LogP contribution in [0.4, 0.5) is 0 Å². The monoisotopic (exact) mass is 555 g/mol. The highest BCUT2D eigenvalue weighted by molar-refractivity contribution is 5.88. The van der Waals surface area contributed by atoms with E-state index in [-0.39, 0.29) is 24.4 Å². The molecule has 2 saturated carbocycles. The highest BCUT2D eigenvalue weighted by atomic mass is 16.5. The lowest BCUT2D eigenvalue weighted by molar-refractivity contribution is -0.143. The predicted molar refractivity (Wildman–Crippen MR) is 156 cm³/mol. The Morgan fingerprint density at radius 2 is 1.43 bits per heavy atom. The van der Waals surface area contributed by atoms with Crippen LogP contribution < -0.4 is 0 Å². The van der Waals surface area contributed by atoms with E-state index in [1.54, 1.807) is 0 Å². The summed E-state index contributed by atoms with van der Waals surface area (Å²) in [5.41, 5.74) is 1.75. The molecule has 0 unspecified atom stereocenters. The standard InChI is InChI=1S/C33H49NO6/c1-4-5-6-7-25-8-10-26(11-9-25)27-12-14-28(15-13-27)29-16-17-31(34-18-29)30(21-39-32(37)23(2)19-35)22-40-33(38)24(3)20-36/h16-18,25-28,30,35-36H,2-15,19-22H2,1H3. The second-order valence-electron chi connectivity index (χ2n) is 11.8. The summed E-state index contributed by atoms with van der Waals surface area (Å²) < 4.78 is 10.6. The van der Waals surface area contributed by atoms with E-state index in [0.29, 0.717) is 11.6 Å². The molecule has 0 aliphatic heterocycles. The van der Waals surface area contributed by atoms with Gasteiger partial charge in [0.15, 0.2) is 0 Å². The number of rotatable bonds is 15. The molecule has 2 aliphatic carbocycles. The van der Waals surface area contributed by atoms with Crippen molar-refractivity contribution < 1.29 is 29.3 Å². The molecule has 0 radical (unpaired) electrons. The molecule has 1 aromatic rings. The number of ether oxygens (including phenoxy) is 2. The smallest absolute Gasteiger partial charge is 0.335 e. The van der Waals surface area contributed by atoms with Crippen LogP contribution in [0.25, 0.3) is 0 Å². The van der Waals surface area contributed by atoms with Gasteiger partial charge in [0.05, 0.1) is 36.0 Å². The summed E-state index contributed by atoms with van der Waals surface area (Å²) in [6.45, 7) is 8.08. The molecule has 2 N–H and O–H groups in total. The first-order valence-electron chi connectivity index (χ1n) is 15.2. The Balaban J connectivity index is 1.53. The van der Waals surface area contributed by atoms with Crippen molar-refractivity contribution in [1.29, 1.82) is 0 Å². The summed E-state index contributed by atoms with van der Waals surface area (Å²) in [5, 5.41) is 18.3. The number of carbonyl (C=O) groups excluding carboxylic acids is 2. The summed E-state index contributed by atoms with van der Waals surface area (Å²) >= 11 is 0. The molecule has 0 bridgehead atoms. The number of aliphatic hydroxyl groups is 2. The molecule has 2 aliphatic rings. The number of nitrogens with zero attached hydrogens (tertiary/aromatic N) is 1. The van der Waals surface area contributed by atoms with Gasteiger partial charge in [-0.05, 0) is 73.8 Å². The zero-order valence-corrected chi connectivity index (χ0v) is 24.3. The molecule has 0 aromatic carbocycles. The van der Waals surface area contributed by atoms with Gasteiger partial charge in [-0.3, -0.25) is 4.98 Å². The SMILES string of the molecule is C=C(CO)C(=O)OCC(COC(=O)C(=C)CO)c1ccc(C2CCC(C3CCC(CCCCC)CC3)CC2)cn1. The molecule has 3 rings (SSSR count). The van der Waals surface area contributed by atoms with Crippen molar-refractivity contribution in [3.63, 3.8) is 0 Å². The van der Waals surface area contributed by atoms with Crippen molar-refractivity contribution >= 4 is 11.9 Å². The normalized spacial score (nSPS) is 23.0. The second-order valence-corrected chi connectivity index (χ2v) is 11.8. The Bertz CT molecular complexity index is 926. The third-order valence-electron chi connectivity index (χ3n) is 9.04. The van der Waals surface area contributed by atoms with E-state index in [0.717, 1.165) is 17.8 Å². The number of aliphatic hydroxyl groups excluding tert-OH is 2. The third kappa shape index (κ3) is 9.55. The van der Waals surface area contributed by atoms with Crippen molar-refractivity contribution in [2.45, 2.75) is 95.8 Å². The Hall–Kier alpha value is -2.51. The van der Waals surface area contributed by atoms with Crippen LogP contribution >= 0.6 is 0 Å². The highest BCUT2D eigenvalue weighted by Crippen LogP contribution is 2.44. The van der Waals surface area contributed by atoms with Gasteiger partial charge in [0.2, 0.25) is 0 Å². The van der Waals surface area contributed by atoms with Crippen LogP contribution in [-0.4, -0.2) is 53.6 Å². The molecular formula is C33H49NO6. The zero-order valence-electron chi connectivity index (χ0n) is 24.3. The first kappa shape index (κ1) is 32.0. The summed E-state index contributed by atoms with van der Waals surface area (Å²) in [6.07, 6.45) is 18.0. The first-order valence-corrected chi connectivity index (χ1v) is 15.2. The number of pyridine rings is 1. The van der Waals surface area contributed by atoms with Gasteiger partial charge in [-0.15, -0.1) is 0 Å². The fourth-order valence-corrected chi connectivity index (χ4v) is 6.36. The molecule has 40 heavy (non-hydrogen) atoms. The molecule has 0 spiro atoms. The summed E-state index contributed by atoms with van der Waals surface area (Å²) in [4.78, 5) is 28.7. The van der Waals surface area contributed by atoms with Gasteiger partial charge in [-0.25, -0.2) is 9.59 Å². The summed E-state index contributed by atoms with van der Waals surface area (Å²) in [7, 11) is 0. The number of hydrogen-bond donors (Lipinski definition) is 2. The third-order valence-corrected chi connectivity index (χ3v) is 9.04. The van der Waals surface area contributed by atoms with Crippen LogP contribution in [0.15, 0.2) is 42.6 Å². The van der Waals surface area contributed by atoms with E-state index in [2.05, 4.69) is 31.1 Å². The average molecular weight is 556 g/mol. The van der Waals surface area contributed by atoms with Gasteiger partial charge in [0.25, 0.3) is 0 Å². The minimum Gasteiger partial charge on any atom is -0.461 e. The summed E-state index contributed by atoms with van der Waals surface area (Å²) in [5.74, 6) is 1.29. The number of esters is 2. The Kier molecular flexibility index (Phi) is 13.3. The molecule has 1 heterocycles. The Morgan fingerprint density at radius 3 is 1.90 bits per heavy atom. The number of carbonyl (C=O) groups is 2. The maximum Gasteiger partial charge on any atom is 0.335 e. The van der Waals surface area contributed by atoms with Gasteiger partial charge in [-0.2, -0.15) is 0 Å². The Labute approximate surface area is 240 Å². The van der Waals surface area contributed by atoms with Gasteiger partial charge in [0.1, 0.15) is 13.2 Å². The minimum absolute atomic E-state index is 0.0525. The van der Waals surface area contributed by atoms with Crippen LogP contribution in [0, 0.1) is 17.8 Å². The van der Waals surface area contributed by atoms with Crippen LogP contribution in [0.5, 0.6) is 0 Å². The predicted octanol–water partition coefficient (Wildman–Crippen LogP) is 6.01. The van der Waals surface area contributed by atoms with E-state index in [1.165, 1.54) is 82.6 Å². The lowest BCUT2D eigenvalue weighted by atomic mass is 9.68. The lowest BCUT2D eigenvalue weighted by Crippen LogP contribution is -2.25. The highest BCUT2D eigenvalue weighted by Gasteiger charge is 2.31. The van der Waals surface area contributed by atoms with Crippen LogP contribution in [0.3, 0.4) is 0 Å². The average Bonchev–Trinajstić information content (AvgIpc) is 3.00. The zero-order chi connectivity index (χ0) is 28.9. The molecule has 1 aromatic heterocycles. The molecule has 7 heteroatoms. The van der Waals surface area contributed by atoms with Crippen molar-refractivity contribution in [1.82, 2.24) is 4.98 Å². The summed E-state index contributed by atoms with van der Waals surface area (Å²) in [6, 6.07) is 4.00. The van der Waals surface area contributed by atoms with E-state index < -0.39 is 31.1 Å². The minimum atomic E-state index is -0.711. The molecule has 0 amide bonds. The van der Waals surface area contributed by atoms with Crippen molar-refractivity contribution in [2.24, 2.45) is 17.8 Å². The van der Waals surface area contributed by atoms with Gasteiger partial charge in [-0.1, -0.05) is 64.7 Å². The van der Waals surface area contributed by atoms with Crippen molar-refractivity contribution in [2.75, 3.05) is 26.4 Å². The molecule has 0 atom stereocenters. The van der Waals surface area contributed by atoms with Gasteiger partial charge in [0, 0.05) is 6.20 Å². The lowest BCUT2D eigenvalue weighted by Gasteiger charge is -2.38. The fraction of sp³-hybridized carbons (Fsp3) is 0.667. The molecular weight excluding hydrogens is 506 g/mol. The van der Waals surface area contributed by atoms with Crippen LogP contribution in [0.1, 0.15) is 107 Å².